The summed E-state index contributed by atoms with van der Waals surface area (Å²) in [6.07, 6.45) is 2.73. The highest BCUT2D eigenvalue weighted by atomic mass is 32.2. The van der Waals surface area contributed by atoms with Crippen LogP contribution in [0.5, 0.6) is 0 Å². The first-order valence-electron chi connectivity index (χ1n) is 6.64. The zero-order valence-electron chi connectivity index (χ0n) is 12.0. The van der Waals surface area contributed by atoms with Gasteiger partial charge >= 0.3 is 6.03 Å². The second kappa shape index (κ2) is 8.35. The van der Waals surface area contributed by atoms with Crippen molar-refractivity contribution in [1.82, 2.24) is 20.6 Å². The molecule has 0 fully saturated rings. The Bertz CT molecular complexity index is 556. The fourth-order valence-electron chi connectivity index (χ4n) is 1.60. The fourth-order valence-corrected chi connectivity index (χ4v) is 4.05. The Morgan fingerprint density at radius 3 is 3.00 bits per heavy atom. The third-order valence-electron chi connectivity index (χ3n) is 2.60. The summed E-state index contributed by atoms with van der Waals surface area (Å²) in [5.41, 5.74) is 0.989. The van der Waals surface area contributed by atoms with Crippen LogP contribution in [0.2, 0.25) is 0 Å². The number of nitrogens with zero attached hydrogens (tertiary/aromatic N) is 2. The molecule has 8 heteroatoms. The number of amides is 2. The summed E-state index contributed by atoms with van der Waals surface area (Å²) in [7, 11) is 0. The molecular weight excluding hydrogens is 324 g/mol. The first-order valence-corrected chi connectivity index (χ1v) is 9.38. The van der Waals surface area contributed by atoms with Gasteiger partial charge in [-0.25, -0.2) is 14.8 Å². The van der Waals surface area contributed by atoms with Gasteiger partial charge in [-0.05, 0) is 20.3 Å². The van der Waals surface area contributed by atoms with E-state index >= 15 is 0 Å². The summed E-state index contributed by atoms with van der Waals surface area (Å²) in [5, 5.41) is 10.6. The fraction of sp³-hybridized carbons (Fsp3) is 0.462. The highest BCUT2D eigenvalue weighted by Gasteiger charge is 2.11. The number of urea groups is 1. The highest BCUT2D eigenvalue weighted by Crippen LogP contribution is 2.20. The van der Waals surface area contributed by atoms with Crippen LogP contribution in [0, 0.1) is 6.92 Å². The number of hydrogen-bond acceptors (Lipinski definition) is 6. The second-order valence-corrected chi connectivity index (χ2v) is 7.58. The SMILES string of the molecule is Cc1csc([C@H](C)NC(=O)NCCCSc2nccs2)n1. The summed E-state index contributed by atoms with van der Waals surface area (Å²) in [6, 6.07) is -0.206. The molecule has 0 radical (unpaired) electrons. The number of aromatic nitrogens is 2. The Morgan fingerprint density at radius 2 is 2.33 bits per heavy atom. The lowest BCUT2D eigenvalue weighted by Crippen LogP contribution is -2.37. The number of thioether (sulfide) groups is 1. The molecule has 5 nitrogen and oxygen atoms in total. The Kier molecular flexibility index (Phi) is 6.47. The molecule has 0 spiro atoms. The summed E-state index contributed by atoms with van der Waals surface area (Å²) in [6.45, 7) is 4.55. The van der Waals surface area contributed by atoms with Crippen molar-refractivity contribution in [3.05, 3.63) is 27.7 Å². The third kappa shape index (κ3) is 5.64. The van der Waals surface area contributed by atoms with E-state index in [0.29, 0.717) is 6.54 Å². The van der Waals surface area contributed by atoms with E-state index < -0.39 is 0 Å². The number of nitrogens with one attached hydrogen (secondary N) is 2. The number of carbonyl (C=O) groups excluding carboxylic acids is 1. The molecule has 0 aromatic carbocycles. The molecule has 0 aliphatic heterocycles. The number of thiazole rings is 2. The lowest BCUT2D eigenvalue weighted by Gasteiger charge is -2.12. The van der Waals surface area contributed by atoms with Gasteiger partial charge in [-0.2, -0.15) is 0 Å². The minimum absolute atomic E-state index is 0.0617. The monoisotopic (exact) mass is 342 g/mol. The molecular formula is C13H18N4OS3. The van der Waals surface area contributed by atoms with Gasteiger partial charge in [0.15, 0.2) is 0 Å². The Morgan fingerprint density at radius 1 is 1.48 bits per heavy atom. The smallest absolute Gasteiger partial charge is 0.315 e. The van der Waals surface area contributed by atoms with Crippen molar-refractivity contribution in [1.29, 1.82) is 0 Å². The predicted octanol–water partition coefficient (Wildman–Crippen LogP) is 3.45. The van der Waals surface area contributed by atoms with Gasteiger partial charge in [-0.15, -0.1) is 22.7 Å². The molecule has 2 amide bonds. The normalized spacial score (nSPS) is 12.1. The van der Waals surface area contributed by atoms with E-state index in [1.165, 1.54) is 0 Å². The summed E-state index contributed by atoms with van der Waals surface area (Å²) >= 11 is 4.93. The lowest BCUT2D eigenvalue weighted by atomic mass is 10.3. The van der Waals surface area contributed by atoms with Gasteiger partial charge in [-0.1, -0.05) is 11.8 Å². The first kappa shape index (κ1) is 16.3. The van der Waals surface area contributed by atoms with E-state index in [4.69, 9.17) is 0 Å². The number of carbonyl (C=O) groups is 1. The molecule has 2 heterocycles. The van der Waals surface area contributed by atoms with Crippen LogP contribution in [0.1, 0.15) is 30.1 Å². The molecule has 114 valence electrons. The maximum atomic E-state index is 11.8. The van der Waals surface area contributed by atoms with Crippen molar-refractivity contribution < 1.29 is 4.79 Å². The maximum Gasteiger partial charge on any atom is 0.315 e. The molecule has 1 atom stereocenters. The lowest BCUT2D eigenvalue weighted by molar-refractivity contribution is 0.238. The van der Waals surface area contributed by atoms with Crippen molar-refractivity contribution in [3.63, 3.8) is 0 Å². The molecule has 0 bridgehead atoms. The van der Waals surface area contributed by atoms with Crippen molar-refractivity contribution in [2.24, 2.45) is 0 Å². The zero-order valence-corrected chi connectivity index (χ0v) is 14.4. The predicted molar refractivity (Wildman–Crippen MR) is 89.3 cm³/mol. The molecule has 0 aliphatic carbocycles. The highest BCUT2D eigenvalue weighted by molar-refractivity contribution is 8.00. The van der Waals surface area contributed by atoms with Crippen LogP contribution < -0.4 is 10.6 Å². The molecule has 2 rings (SSSR count). The molecule has 2 N–H and O–H groups in total. The third-order valence-corrected chi connectivity index (χ3v) is 5.79. The zero-order chi connectivity index (χ0) is 15.1. The van der Waals surface area contributed by atoms with Gasteiger partial charge in [0, 0.05) is 34.9 Å². The van der Waals surface area contributed by atoms with Gasteiger partial charge in [0.2, 0.25) is 0 Å². The van der Waals surface area contributed by atoms with E-state index in [9.17, 15) is 4.79 Å². The second-order valence-electron chi connectivity index (χ2n) is 4.45. The summed E-state index contributed by atoms with van der Waals surface area (Å²) in [5.74, 6) is 0.953. The minimum atomic E-state index is -0.144. The summed E-state index contributed by atoms with van der Waals surface area (Å²) < 4.78 is 1.08. The van der Waals surface area contributed by atoms with Gasteiger partial charge in [0.05, 0.1) is 6.04 Å². The molecule has 21 heavy (non-hydrogen) atoms. The maximum absolute atomic E-state index is 11.8. The van der Waals surface area contributed by atoms with E-state index in [2.05, 4.69) is 20.6 Å². The van der Waals surface area contributed by atoms with Crippen LogP contribution in [-0.4, -0.2) is 28.3 Å². The number of rotatable bonds is 7. The van der Waals surface area contributed by atoms with E-state index in [1.807, 2.05) is 24.6 Å². The molecule has 0 saturated carbocycles. The molecule has 0 unspecified atom stereocenters. The van der Waals surface area contributed by atoms with Crippen LogP contribution in [0.25, 0.3) is 0 Å². The standard InChI is InChI=1S/C13H18N4OS3/c1-9-8-21-11(16-9)10(2)17-12(18)14-4-3-6-19-13-15-5-7-20-13/h5,7-8,10H,3-4,6H2,1-2H3,(H2,14,17,18)/t10-/m0/s1. The van der Waals surface area contributed by atoms with Crippen LogP contribution >= 0.6 is 34.4 Å². The van der Waals surface area contributed by atoms with Crippen LogP contribution in [0.15, 0.2) is 21.3 Å². The summed E-state index contributed by atoms with van der Waals surface area (Å²) in [4.78, 5) is 20.3. The Hall–Kier alpha value is -1.12. The van der Waals surface area contributed by atoms with Crippen LogP contribution in [-0.2, 0) is 0 Å². The van der Waals surface area contributed by atoms with Gasteiger partial charge < -0.3 is 10.6 Å². The number of hydrogen-bond donors (Lipinski definition) is 2. The minimum Gasteiger partial charge on any atom is -0.338 e. The van der Waals surface area contributed by atoms with E-state index in [0.717, 1.165) is 27.2 Å². The van der Waals surface area contributed by atoms with E-state index in [-0.39, 0.29) is 12.1 Å². The van der Waals surface area contributed by atoms with Crippen molar-refractivity contribution in [3.8, 4) is 0 Å². The average molecular weight is 343 g/mol. The average Bonchev–Trinajstić information content (AvgIpc) is 3.09. The van der Waals surface area contributed by atoms with Gasteiger partial charge in [-0.3, -0.25) is 0 Å². The quantitative estimate of drug-likeness (QED) is 0.597. The van der Waals surface area contributed by atoms with Gasteiger partial charge in [0.1, 0.15) is 9.35 Å². The molecule has 2 aromatic heterocycles. The largest absolute Gasteiger partial charge is 0.338 e. The van der Waals surface area contributed by atoms with Gasteiger partial charge in [0.25, 0.3) is 0 Å². The van der Waals surface area contributed by atoms with Crippen molar-refractivity contribution >= 4 is 40.5 Å². The van der Waals surface area contributed by atoms with Crippen LogP contribution in [0.4, 0.5) is 4.79 Å². The molecule has 0 saturated heterocycles. The van der Waals surface area contributed by atoms with Crippen molar-refractivity contribution in [2.45, 2.75) is 30.6 Å². The Balaban J connectivity index is 1.59. The van der Waals surface area contributed by atoms with Crippen LogP contribution in [0.3, 0.4) is 0 Å². The molecule has 2 aromatic rings. The number of aryl methyl sites for hydroxylation is 1. The van der Waals surface area contributed by atoms with E-state index in [1.54, 1.807) is 40.6 Å². The topological polar surface area (TPSA) is 66.9 Å². The van der Waals surface area contributed by atoms with Crippen molar-refractivity contribution in [2.75, 3.05) is 12.3 Å². The Labute approximate surface area is 136 Å². The molecule has 0 aliphatic rings. The first-order chi connectivity index (χ1) is 10.1.